The minimum Gasteiger partial charge on any atom is -0.491 e. The second kappa shape index (κ2) is 14.2. The van der Waals surface area contributed by atoms with E-state index < -0.39 is 5.91 Å². The molecule has 0 saturated carbocycles. The highest BCUT2D eigenvalue weighted by Crippen LogP contribution is 2.29. The molecule has 0 aliphatic heterocycles. The number of nitriles is 1. The lowest BCUT2D eigenvalue weighted by Gasteiger charge is -2.13. The molecule has 188 valence electrons. The summed E-state index contributed by atoms with van der Waals surface area (Å²) in [4.78, 5) is 12.4. The maximum atomic E-state index is 12.4. The molecule has 1 amide bonds. The van der Waals surface area contributed by atoms with E-state index in [2.05, 4.69) is 5.32 Å². The Morgan fingerprint density at radius 3 is 2.47 bits per heavy atom. The molecule has 0 bridgehead atoms. The average Bonchev–Trinajstić information content (AvgIpc) is 3.41. The van der Waals surface area contributed by atoms with E-state index in [1.165, 1.54) is 17.9 Å². The molecule has 0 aliphatic carbocycles. The first kappa shape index (κ1) is 26.4. The molecule has 36 heavy (non-hydrogen) atoms. The van der Waals surface area contributed by atoms with Crippen LogP contribution in [0.5, 0.6) is 17.2 Å². The number of nitrogens with one attached hydrogen (secondary N) is 1. The fraction of sp³-hybridized carbons (Fsp3) is 0.286. The first-order valence-corrected chi connectivity index (χ1v) is 11.7. The van der Waals surface area contributed by atoms with Crippen molar-refractivity contribution in [3.63, 3.8) is 0 Å². The van der Waals surface area contributed by atoms with Gasteiger partial charge in [0.25, 0.3) is 5.91 Å². The fourth-order valence-electron chi connectivity index (χ4n) is 3.16. The number of carbonyl (C=O) groups excluding carboxylic acids is 1. The third kappa shape index (κ3) is 8.53. The van der Waals surface area contributed by atoms with E-state index in [9.17, 15) is 10.1 Å². The van der Waals surface area contributed by atoms with E-state index in [-0.39, 0.29) is 12.1 Å². The molecule has 0 unspecified atom stereocenters. The maximum Gasteiger partial charge on any atom is 0.262 e. The van der Waals surface area contributed by atoms with E-state index >= 15 is 0 Å². The van der Waals surface area contributed by atoms with Crippen LogP contribution >= 0.6 is 0 Å². The fourth-order valence-corrected chi connectivity index (χ4v) is 3.16. The van der Waals surface area contributed by atoms with E-state index in [0.29, 0.717) is 55.9 Å². The van der Waals surface area contributed by atoms with Gasteiger partial charge in [0.05, 0.1) is 32.6 Å². The smallest absolute Gasteiger partial charge is 0.262 e. The van der Waals surface area contributed by atoms with Crippen LogP contribution in [0, 0.1) is 18.3 Å². The van der Waals surface area contributed by atoms with Crippen LogP contribution in [0.25, 0.3) is 6.08 Å². The van der Waals surface area contributed by atoms with Crippen LogP contribution in [-0.4, -0.2) is 38.9 Å². The number of rotatable bonds is 14. The second-order valence-electron chi connectivity index (χ2n) is 7.69. The van der Waals surface area contributed by atoms with Gasteiger partial charge in [-0.05, 0) is 61.9 Å². The highest BCUT2D eigenvalue weighted by molar-refractivity contribution is 6.01. The Balaban J connectivity index is 1.48. The first-order valence-electron chi connectivity index (χ1n) is 11.7. The lowest BCUT2D eigenvalue weighted by Crippen LogP contribution is -2.23. The van der Waals surface area contributed by atoms with Crippen LogP contribution in [0.3, 0.4) is 0 Å². The summed E-state index contributed by atoms with van der Waals surface area (Å²) in [7, 11) is 0. The Hall–Kier alpha value is -4.22. The number of hydrogen-bond acceptors (Lipinski definition) is 7. The Bertz CT molecular complexity index is 1160. The number of furan rings is 1. The molecular weight excluding hydrogens is 460 g/mol. The van der Waals surface area contributed by atoms with E-state index in [0.717, 1.165) is 5.75 Å². The quantitative estimate of drug-likeness (QED) is 0.199. The normalized spacial score (nSPS) is 11.0. The number of carbonyl (C=O) groups is 1. The van der Waals surface area contributed by atoms with Crippen LogP contribution < -0.4 is 19.5 Å². The lowest BCUT2D eigenvalue weighted by atomic mass is 10.1. The van der Waals surface area contributed by atoms with E-state index in [1.807, 2.05) is 44.2 Å². The number of amides is 1. The Labute approximate surface area is 211 Å². The molecule has 0 aliphatic rings. The van der Waals surface area contributed by atoms with Gasteiger partial charge in [-0.3, -0.25) is 4.79 Å². The predicted octanol–water partition coefficient (Wildman–Crippen LogP) is 4.68. The summed E-state index contributed by atoms with van der Waals surface area (Å²) in [6, 6.07) is 18.5. The lowest BCUT2D eigenvalue weighted by molar-refractivity contribution is -0.117. The molecule has 2 aromatic carbocycles. The first-order chi connectivity index (χ1) is 17.6. The van der Waals surface area contributed by atoms with Crippen molar-refractivity contribution >= 4 is 12.0 Å². The van der Waals surface area contributed by atoms with Crippen molar-refractivity contribution < 1.29 is 28.2 Å². The summed E-state index contributed by atoms with van der Waals surface area (Å²) in [5, 5.41) is 12.1. The van der Waals surface area contributed by atoms with Gasteiger partial charge < -0.3 is 28.7 Å². The minimum absolute atomic E-state index is 0.0288. The topological polar surface area (TPSA) is 103 Å². The maximum absolute atomic E-state index is 12.4. The van der Waals surface area contributed by atoms with Crippen LogP contribution in [0.1, 0.15) is 23.8 Å². The summed E-state index contributed by atoms with van der Waals surface area (Å²) in [5.41, 5.74) is 1.79. The molecule has 8 heteroatoms. The zero-order chi connectivity index (χ0) is 25.6. The number of benzene rings is 2. The Kier molecular flexibility index (Phi) is 10.4. The monoisotopic (exact) mass is 490 g/mol. The summed E-state index contributed by atoms with van der Waals surface area (Å²) in [6.07, 6.45) is 3.02. The van der Waals surface area contributed by atoms with Gasteiger partial charge in [-0.2, -0.15) is 5.26 Å². The van der Waals surface area contributed by atoms with Crippen LogP contribution in [0.4, 0.5) is 0 Å². The Morgan fingerprint density at radius 2 is 1.78 bits per heavy atom. The molecular formula is C28H30N2O6. The molecule has 0 saturated heterocycles. The van der Waals surface area contributed by atoms with Gasteiger partial charge in [0.15, 0.2) is 11.5 Å². The molecule has 3 rings (SSSR count). The van der Waals surface area contributed by atoms with Gasteiger partial charge in [0, 0.05) is 0 Å². The van der Waals surface area contributed by atoms with Crippen molar-refractivity contribution in [3.8, 4) is 23.3 Å². The standard InChI is InChI=1S/C28H30N2O6/c1-3-33-27-18-22(17-23(19-29)28(31)30-20-25-5-4-12-34-25)8-11-26(27)36-16-14-32-13-15-35-24-9-6-21(2)7-10-24/h4-12,17-18H,3,13-16,20H2,1-2H3,(H,30,31)/b23-17+. The second-order valence-corrected chi connectivity index (χ2v) is 7.69. The molecule has 8 nitrogen and oxygen atoms in total. The molecule has 1 aromatic heterocycles. The van der Waals surface area contributed by atoms with Gasteiger partial charge in [-0.25, -0.2) is 0 Å². The largest absolute Gasteiger partial charge is 0.491 e. The molecule has 0 atom stereocenters. The van der Waals surface area contributed by atoms with Gasteiger partial charge >= 0.3 is 0 Å². The summed E-state index contributed by atoms with van der Waals surface area (Å²) >= 11 is 0. The summed E-state index contributed by atoms with van der Waals surface area (Å²) in [5.74, 6) is 1.99. The Morgan fingerprint density at radius 1 is 1.00 bits per heavy atom. The van der Waals surface area contributed by atoms with Gasteiger partial charge in [0.1, 0.15) is 36.4 Å². The summed E-state index contributed by atoms with van der Waals surface area (Å²) < 4.78 is 27.9. The van der Waals surface area contributed by atoms with Crippen molar-refractivity contribution in [1.29, 1.82) is 5.26 Å². The third-order valence-corrected chi connectivity index (χ3v) is 4.95. The minimum atomic E-state index is -0.490. The van der Waals surface area contributed by atoms with E-state index in [4.69, 9.17) is 23.4 Å². The number of ether oxygens (including phenoxy) is 4. The number of aryl methyl sites for hydroxylation is 1. The zero-order valence-corrected chi connectivity index (χ0v) is 20.5. The highest BCUT2D eigenvalue weighted by Gasteiger charge is 2.11. The van der Waals surface area contributed by atoms with Crippen LogP contribution in [0.15, 0.2) is 70.9 Å². The van der Waals surface area contributed by atoms with Crippen molar-refractivity contribution in [3.05, 3.63) is 83.3 Å². The number of nitrogens with zero attached hydrogens (tertiary/aromatic N) is 1. The van der Waals surface area contributed by atoms with Crippen LogP contribution in [0.2, 0.25) is 0 Å². The zero-order valence-electron chi connectivity index (χ0n) is 20.5. The molecule has 0 fully saturated rings. The van der Waals surface area contributed by atoms with Crippen molar-refractivity contribution in [2.75, 3.05) is 33.0 Å². The van der Waals surface area contributed by atoms with E-state index in [1.54, 1.807) is 30.3 Å². The summed E-state index contributed by atoms with van der Waals surface area (Å²) in [6.45, 7) is 6.14. The van der Waals surface area contributed by atoms with Gasteiger partial charge in [0.2, 0.25) is 0 Å². The highest BCUT2D eigenvalue weighted by atomic mass is 16.6. The van der Waals surface area contributed by atoms with Crippen LogP contribution in [-0.2, 0) is 16.1 Å². The molecule has 3 aromatic rings. The molecule has 0 spiro atoms. The average molecular weight is 491 g/mol. The van der Waals surface area contributed by atoms with Crippen molar-refractivity contribution in [2.45, 2.75) is 20.4 Å². The molecule has 1 N–H and O–H groups in total. The SMILES string of the molecule is CCOc1cc(/C=C(\C#N)C(=O)NCc2ccco2)ccc1OCCOCCOc1ccc(C)cc1. The third-order valence-electron chi connectivity index (χ3n) is 4.95. The predicted molar refractivity (Wildman–Crippen MR) is 135 cm³/mol. The number of hydrogen-bond donors (Lipinski definition) is 1. The van der Waals surface area contributed by atoms with Gasteiger partial charge in [-0.15, -0.1) is 0 Å². The van der Waals surface area contributed by atoms with Gasteiger partial charge in [-0.1, -0.05) is 23.8 Å². The van der Waals surface area contributed by atoms with Crippen molar-refractivity contribution in [2.24, 2.45) is 0 Å². The van der Waals surface area contributed by atoms with Crippen molar-refractivity contribution in [1.82, 2.24) is 5.32 Å². The molecule has 1 heterocycles. The molecule has 0 radical (unpaired) electrons.